The van der Waals surface area contributed by atoms with E-state index in [1.807, 2.05) is 67.4 Å². The smallest absolute Gasteiger partial charge is 0.305 e. The van der Waals surface area contributed by atoms with Crippen LogP contribution in [0.3, 0.4) is 0 Å². The highest BCUT2D eigenvalue weighted by molar-refractivity contribution is 5.95. The molecule has 0 saturated carbocycles. The van der Waals surface area contributed by atoms with Crippen molar-refractivity contribution in [2.75, 3.05) is 11.9 Å². The van der Waals surface area contributed by atoms with Crippen molar-refractivity contribution in [3.63, 3.8) is 0 Å². The van der Waals surface area contributed by atoms with Crippen LogP contribution in [0.4, 0.5) is 5.69 Å². The van der Waals surface area contributed by atoms with E-state index in [2.05, 4.69) is 15.5 Å². The first-order valence-electron chi connectivity index (χ1n) is 9.43. The molecular formula is C21H24N6O3. The van der Waals surface area contributed by atoms with Gasteiger partial charge in [-0.15, -0.1) is 5.10 Å². The fraction of sp³-hybridized carbons (Fsp3) is 0.286. The number of benzene rings is 2. The van der Waals surface area contributed by atoms with Gasteiger partial charge in [0.25, 0.3) is 0 Å². The van der Waals surface area contributed by atoms with Gasteiger partial charge in [-0.25, -0.2) is 4.68 Å². The molecule has 30 heavy (non-hydrogen) atoms. The van der Waals surface area contributed by atoms with Crippen molar-refractivity contribution in [3.8, 4) is 11.5 Å². The largest absolute Gasteiger partial charge is 0.481 e. The first kappa shape index (κ1) is 21.0. The van der Waals surface area contributed by atoms with Crippen LogP contribution in [0.5, 0.6) is 11.5 Å². The van der Waals surface area contributed by atoms with Crippen molar-refractivity contribution in [1.82, 2.24) is 20.2 Å². The van der Waals surface area contributed by atoms with E-state index >= 15 is 0 Å². The number of para-hydroxylation sites is 1. The van der Waals surface area contributed by atoms with E-state index in [9.17, 15) is 9.90 Å². The molecule has 0 amide bonds. The molecule has 1 aromatic heterocycles. The van der Waals surface area contributed by atoms with Crippen LogP contribution in [-0.4, -0.2) is 50.1 Å². The molecule has 156 valence electrons. The normalized spacial score (nSPS) is 11.7. The van der Waals surface area contributed by atoms with Gasteiger partial charge in [-0.3, -0.25) is 4.79 Å². The zero-order valence-corrected chi connectivity index (χ0v) is 17.1. The Kier molecular flexibility index (Phi) is 6.41. The molecule has 1 atom stereocenters. The maximum atomic E-state index is 11.4. The van der Waals surface area contributed by atoms with Gasteiger partial charge < -0.3 is 20.2 Å². The number of tetrazole rings is 1. The second kappa shape index (κ2) is 9.17. The lowest BCUT2D eigenvalue weighted by molar-refractivity contribution is -0.137. The van der Waals surface area contributed by atoms with E-state index in [4.69, 9.17) is 10.1 Å². The number of ether oxygens (including phenoxy) is 1. The van der Waals surface area contributed by atoms with Crippen molar-refractivity contribution in [3.05, 3.63) is 59.9 Å². The van der Waals surface area contributed by atoms with Gasteiger partial charge in [-0.1, -0.05) is 18.2 Å². The minimum atomic E-state index is -0.935. The first-order valence-corrected chi connectivity index (χ1v) is 9.43. The third-order valence-corrected chi connectivity index (χ3v) is 4.85. The number of carboxylic acids is 1. The molecule has 3 rings (SSSR count). The molecule has 1 unspecified atom stereocenters. The molecule has 1 heterocycles. The predicted octanol–water partition coefficient (Wildman–Crippen LogP) is 3.05. The molecular weight excluding hydrogens is 384 g/mol. The molecule has 0 spiro atoms. The molecule has 2 aromatic carbocycles. The Morgan fingerprint density at radius 1 is 1.20 bits per heavy atom. The fourth-order valence-electron chi connectivity index (χ4n) is 3.12. The zero-order chi connectivity index (χ0) is 21.7. The standard InChI is InChI=1S/C21H24N6O3/c1-14-6-4-5-7-19(14)30-17-10-8-15(9-11-17)26(2)16(13-20(28)29)12-18(22)21-23-24-25-27(21)3/h4-11,16,22H,12-13H2,1-3H3,(H,28,29). The predicted molar refractivity (Wildman–Crippen MR) is 112 cm³/mol. The van der Waals surface area contributed by atoms with Gasteiger partial charge in [0.1, 0.15) is 11.5 Å². The lowest BCUT2D eigenvalue weighted by Crippen LogP contribution is -2.36. The molecule has 0 saturated heterocycles. The van der Waals surface area contributed by atoms with Gasteiger partial charge >= 0.3 is 5.97 Å². The minimum Gasteiger partial charge on any atom is -0.481 e. The van der Waals surface area contributed by atoms with Crippen molar-refractivity contribution in [2.45, 2.75) is 25.8 Å². The van der Waals surface area contributed by atoms with E-state index in [-0.39, 0.29) is 18.6 Å². The minimum absolute atomic E-state index is 0.119. The Labute approximate surface area is 174 Å². The van der Waals surface area contributed by atoms with Crippen LogP contribution < -0.4 is 9.64 Å². The Bertz CT molecular complexity index is 1030. The molecule has 0 fully saturated rings. The van der Waals surface area contributed by atoms with Crippen molar-refractivity contribution >= 4 is 17.4 Å². The molecule has 3 aromatic rings. The summed E-state index contributed by atoms with van der Waals surface area (Å²) in [6.45, 7) is 1.98. The van der Waals surface area contributed by atoms with Crippen molar-refractivity contribution < 1.29 is 14.6 Å². The van der Waals surface area contributed by atoms with Gasteiger partial charge in [-0.05, 0) is 53.2 Å². The van der Waals surface area contributed by atoms with Crippen LogP contribution in [0.1, 0.15) is 24.2 Å². The fourth-order valence-corrected chi connectivity index (χ4v) is 3.12. The maximum absolute atomic E-state index is 11.4. The van der Waals surface area contributed by atoms with E-state index in [1.54, 1.807) is 7.05 Å². The van der Waals surface area contributed by atoms with Gasteiger partial charge in [0.15, 0.2) is 5.82 Å². The summed E-state index contributed by atoms with van der Waals surface area (Å²) >= 11 is 0. The molecule has 0 aliphatic carbocycles. The highest BCUT2D eigenvalue weighted by atomic mass is 16.5. The number of aromatic nitrogens is 4. The molecule has 0 bridgehead atoms. The lowest BCUT2D eigenvalue weighted by atomic mass is 10.0. The van der Waals surface area contributed by atoms with Crippen LogP contribution >= 0.6 is 0 Å². The van der Waals surface area contributed by atoms with Crippen molar-refractivity contribution in [1.29, 1.82) is 5.41 Å². The summed E-state index contributed by atoms with van der Waals surface area (Å²) in [7, 11) is 3.46. The summed E-state index contributed by atoms with van der Waals surface area (Å²) in [4.78, 5) is 13.3. The summed E-state index contributed by atoms with van der Waals surface area (Å²) in [5.74, 6) is 0.859. The second-order valence-electron chi connectivity index (χ2n) is 7.03. The molecule has 9 heteroatoms. The van der Waals surface area contributed by atoms with E-state index < -0.39 is 12.0 Å². The molecule has 0 aliphatic rings. The quantitative estimate of drug-likeness (QED) is 0.523. The second-order valence-corrected chi connectivity index (χ2v) is 7.03. The van der Waals surface area contributed by atoms with Crippen LogP contribution in [-0.2, 0) is 11.8 Å². The van der Waals surface area contributed by atoms with Crippen LogP contribution in [0, 0.1) is 12.3 Å². The van der Waals surface area contributed by atoms with Crippen molar-refractivity contribution in [2.24, 2.45) is 7.05 Å². The zero-order valence-electron chi connectivity index (χ0n) is 17.1. The van der Waals surface area contributed by atoms with E-state index in [1.165, 1.54) is 4.68 Å². The number of hydrogen-bond donors (Lipinski definition) is 2. The average Bonchev–Trinajstić information content (AvgIpc) is 3.15. The Morgan fingerprint density at radius 3 is 2.50 bits per heavy atom. The number of anilines is 1. The van der Waals surface area contributed by atoms with Crippen LogP contribution in [0.15, 0.2) is 48.5 Å². The summed E-state index contributed by atoms with van der Waals surface area (Å²) in [6.07, 6.45) is 0.0735. The SMILES string of the molecule is Cc1ccccc1Oc1ccc(N(C)C(CC(=N)c2nnnn2C)CC(=O)O)cc1. The third-order valence-electron chi connectivity index (χ3n) is 4.85. The number of rotatable bonds is 9. The van der Waals surface area contributed by atoms with Gasteiger partial charge in [0, 0.05) is 32.2 Å². The summed E-state index contributed by atoms with van der Waals surface area (Å²) in [5.41, 5.74) is 2.04. The number of hydrogen-bond acceptors (Lipinski definition) is 7. The van der Waals surface area contributed by atoms with Gasteiger partial charge in [0.2, 0.25) is 0 Å². The Hall–Kier alpha value is -3.75. The Morgan fingerprint density at radius 2 is 1.90 bits per heavy atom. The number of nitrogens with one attached hydrogen (secondary N) is 1. The summed E-state index contributed by atoms with van der Waals surface area (Å²) < 4.78 is 7.32. The van der Waals surface area contributed by atoms with Gasteiger partial charge in [-0.2, -0.15) is 0 Å². The van der Waals surface area contributed by atoms with E-state index in [0.717, 1.165) is 17.0 Å². The average molecular weight is 408 g/mol. The summed E-state index contributed by atoms with van der Waals surface area (Å²) in [6, 6.07) is 14.8. The number of carbonyl (C=O) groups is 1. The lowest BCUT2D eigenvalue weighted by Gasteiger charge is -2.29. The Balaban J connectivity index is 1.74. The first-order chi connectivity index (χ1) is 14.3. The molecule has 9 nitrogen and oxygen atoms in total. The number of aryl methyl sites for hydroxylation is 2. The topological polar surface area (TPSA) is 117 Å². The highest BCUT2D eigenvalue weighted by Crippen LogP contribution is 2.28. The number of nitrogens with zero attached hydrogens (tertiary/aromatic N) is 5. The highest BCUT2D eigenvalue weighted by Gasteiger charge is 2.23. The maximum Gasteiger partial charge on any atom is 0.305 e. The van der Waals surface area contributed by atoms with Crippen LogP contribution in [0.25, 0.3) is 0 Å². The monoisotopic (exact) mass is 408 g/mol. The molecule has 0 aliphatic heterocycles. The van der Waals surface area contributed by atoms with Gasteiger partial charge in [0.05, 0.1) is 12.1 Å². The summed E-state index contributed by atoms with van der Waals surface area (Å²) in [5, 5.41) is 28.7. The number of aliphatic carboxylic acids is 1. The molecule has 2 N–H and O–H groups in total. The van der Waals surface area contributed by atoms with Crippen LogP contribution in [0.2, 0.25) is 0 Å². The number of carboxylic acid groups (broad SMARTS) is 1. The van der Waals surface area contributed by atoms with E-state index in [0.29, 0.717) is 11.6 Å². The molecule has 0 radical (unpaired) electrons. The third kappa shape index (κ3) is 4.99.